The topological polar surface area (TPSA) is 121 Å². The second-order valence-corrected chi connectivity index (χ2v) is 4.12. The highest BCUT2D eigenvalue weighted by Gasteiger charge is 2.03. The molecule has 0 amide bonds. The van der Waals surface area contributed by atoms with Crippen LogP contribution in [0.25, 0.3) is 11.0 Å². The minimum absolute atomic E-state index is 0.0207. The minimum Gasteiger partial charge on any atom is -0.370 e. The van der Waals surface area contributed by atoms with Gasteiger partial charge in [-0.15, -0.1) is 0 Å². The zero-order chi connectivity index (χ0) is 13.8. The lowest BCUT2D eigenvalue weighted by atomic mass is 10.3. The third kappa shape index (κ3) is 3.01. The molecule has 0 atom stereocenters. The number of aryl methyl sites for hydroxylation is 1. The molecule has 1 aromatic carbocycles. The van der Waals surface area contributed by atoms with Crippen LogP contribution in [0.5, 0.6) is 0 Å². The molecule has 19 heavy (non-hydrogen) atoms. The van der Waals surface area contributed by atoms with Gasteiger partial charge in [-0.05, 0) is 24.6 Å². The monoisotopic (exact) mass is 259 g/mol. The third-order valence-corrected chi connectivity index (χ3v) is 2.56. The molecular weight excluding hydrogens is 242 g/mol. The Balaban J connectivity index is 2.35. The Kier molecular flexibility index (Phi) is 3.65. The Labute approximate surface area is 110 Å². The number of benzene rings is 1. The molecule has 0 aliphatic heterocycles. The first kappa shape index (κ1) is 12.9. The van der Waals surface area contributed by atoms with Gasteiger partial charge in [0.2, 0.25) is 5.96 Å². The fourth-order valence-corrected chi connectivity index (χ4v) is 1.83. The number of nitrogens with zero attached hydrogens (tertiary/aromatic N) is 4. The smallest absolute Gasteiger partial charge is 0.223 e. The van der Waals surface area contributed by atoms with E-state index >= 15 is 0 Å². The van der Waals surface area contributed by atoms with Crippen LogP contribution < -0.4 is 17.2 Å². The fraction of sp³-hybridized carbons (Fsp3) is 0.250. The first-order valence-corrected chi connectivity index (χ1v) is 5.99. The van der Waals surface area contributed by atoms with Crippen LogP contribution in [0.4, 0.5) is 5.69 Å². The second-order valence-electron chi connectivity index (χ2n) is 4.12. The summed E-state index contributed by atoms with van der Waals surface area (Å²) in [5, 5.41) is 0. The molecule has 1 heterocycles. The molecule has 0 spiro atoms. The number of rotatable bonds is 3. The van der Waals surface area contributed by atoms with Crippen LogP contribution in [-0.2, 0) is 6.54 Å². The van der Waals surface area contributed by atoms with E-state index in [0.29, 0.717) is 5.69 Å². The Morgan fingerprint density at radius 3 is 2.79 bits per heavy atom. The number of hydrogen-bond donors (Lipinski definition) is 3. The molecule has 0 saturated heterocycles. The minimum atomic E-state index is -0.116. The van der Waals surface area contributed by atoms with Gasteiger partial charge in [-0.25, -0.2) is 9.98 Å². The van der Waals surface area contributed by atoms with Crippen LogP contribution in [0.15, 0.2) is 34.5 Å². The van der Waals surface area contributed by atoms with Crippen molar-refractivity contribution in [1.29, 1.82) is 0 Å². The van der Waals surface area contributed by atoms with Gasteiger partial charge < -0.3 is 21.8 Å². The predicted octanol–water partition coefficient (Wildman–Crippen LogP) is 0.666. The molecule has 0 radical (unpaired) electrons. The van der Waals surface area contributed by atoms with E-state index in [1.807, 2.05) is 24.5 Å². The van der Waals surface area contributed by atoms with Gasteiger partial charge in [-0.1, -0.05) is 6.92 Å². The molecule has 7 heteroatoms. The molecule has 1 aromatic heterocycles. The molecule has 0 bridgehead atoms. The van der Waals surface area contributed by atoms with Crippen molar-refractivity contribution >= 4 is 28.6 Å². The van der Waals surface area contributed by atoms with E-state index in [9.17, 15) is 0 Å². The largest absolute Gasteiger partial charge is 0.370 e. The Morgan fingerprint density at radius 2 is 2.11 bits per heavy atom. The maximum Gasteiger partial charge on any atom is 0.223 e. The average Bonchev–Trinajstić information content (AvgIpc) is 2.71. The molecule has 0 aliphatic rings. The maximum absolute atomic E-state index is 5.58. The van der Waals surface area contributed by atoms with Gasteiger partial charge in [-0.2, -0.15) is 4.99 Å². The van der Waals surface area contributed by atoms with Crippen molar-refractivity contribution in [2.45, 2.75) is 19.9 Å². The van der Waals surface area contributed by atoms with E-state index in [1.165, 1.54) is 0 Å². The number of hydrogen-bond acceptors (Lipinski definition) is 2. The zero-order valence-corrected chi connectivity index (χ0v) is 10.7. The van der Waals surface area contributed by atoms with E-state index in [0.717, 1.165) is 24.0 Å². The highest BCUT2D eigenvalue weighted by Crippen LogP contribution is 2.20. The first-order chi connectivity index (χ1) is 9.10. The van der Waals surface area contributed by atoms with Gasteiger partial charge in [0, 0.05) is 6.54 Å². The molecule has 0 aliphatic carbocycles. The SMILES string of the molecule is CCCn1cnc2cc(N=C(N)N=C(N)N)ccc21. The van der Waals surface area contributed by atoms with Crippen LogP contribution in [0.2, 0.25) is 0 Å². The molecule has 6 N–H and O–H groups in total. The molecule has 2 rings (SSSR count). The lowest BCUT2D eigenvalue weighted by Crippen LogP contribution is -2.26. The molecule has 2 aromatic rings. The van der Waals surface area contributed by atoms with Crippen molar-refractivity contribution in [2.75, 3.05) is 0 Å². The molecule has 0 saturated carbocycles. The molecule has 100 valence electrons. The predicted molar refractivity (Wildman–Crippen MR) is 77.1 cm³/mol. The highest BCUT2D eigenvalue weighted by molar-refractivity contribution is 5.94. The van der Waals surface area contributed by atoms with Crippen LogP contribution in [0.1, 0.15) is 13.3 Å². The second kappa shape index (κ2) is 5.38. The van der Waals surface area contributed by atoms with Crippen molar-refractivity contribution in [3.63, 3.8) is 0 Å². The van der Waals surface area contributed by atoms with E-state index < -0.39 is 0 Å². The normalized spacial score (nSPS) is 11.7. The van der Waals surface area contributed by atoms with Crippen LogP contribution >= 0.6 is 0 Å². The van der Waals surface area contributed by atoms with Crippen LogP contribution in [0.3, 0.4) is 0 Å². The molecular formula is C12H17N7. The first-order valence-electron chi connectivity index (χ1n) is 5.99. The summed E-state index contributed by atoms with van der Waals surface area (Å²) in [6.07, 6.45) is 2.88. The van der Waals surface area contributed by atoms with Crippen molar-refractivity contribution in [3.8, 4) is 0 Å². The Bertz CT molecular complexity index is 635. The summed E-state index contributed by atoms with van der Waals surface area (Å²) >= 11 is 0. The summed E-state index contributed by atoms with van der Waals surface area (Å²) in [7, 11) is 0. The van der Waals surface area contributed by atoms with Crippen molar-refractivity contribution < 1.29 is 0 Å². The standard InChI is InChI=1S/C12H17N7/c1-2-5-19-7-16-9-6-8(3-4-10(9)19)17-12(15)18-11(13)14/h3-4,6-7H,2,5H2,1H3,(H6,13,14,15,17,18). The van der Waals surface area contributed by atoms with Gasteiger partial charge in [0.05, 0.1) is 23.0 Å². The number of fused-ring (bicyclic) bond motifs is 1. The number of imidazole rings is 1. The Hall–Kier alpha value is -2.57. The molecule has 0 fully saturated rings. The molecule has 7 nitrogen and oxygen atoms in total. The van der Waals surface area contributed by atoms with Crippen molar-refractivity contribution in [2.24, 2.45) is 27.2 Å². The highest BCUT2D eigenvalue weighted by atomic mass is 15.1. The summed E-state index contributed by atoms with van der Waals surface area (Å²) in [4.78, 5) is 12.1. The average molecular weight is 259 g/mol. The lowest BCUT2D eigenvalue weighted by Gasteiger charge is -2.01. The van der Waals surface area contributed by atoms with Crippen molar-refractivity contribution in [1.82, 2.24) is 9.55 Å². The van der Waals surface area contributed by atoms with Crippen LogP contribution in [0, 0.1) is 0 Å². The fourth-order valence-electron chi connectivity index (χ4n) is 1.83. The number of nitrogens with two attached hydrogens (primary N) is 3. The van der Waals surface area contributed by atoms with Gasteiger partial charge in [0.25, 0.3) is 0 Å². The number of aromatic nitrogens is 2. The lowest BCUT2D eigenvalue weighted by molar-refractivity contribution is 0.697. The van der Waals surface area contributed by atoms with Gasteiger partial charge in [0.1, 0.15) is 0 Å². The summed E-state index contributed by atoms with van der Waals surface area (Å²) in [5.74, 6) is -0.0955. The third-order valence-electron chi connectivity index (χ3n) is 2.56. The quantitative estimate of drug-likeness (QED) is 0.554. The van der Waals surface area contributed by atoms with E-state index in [2.05, 4.69) is 26.5 Å². The van der Waals surface area contributed by atoms with E-state index in [1.54, 1.807) is 0 Å². The van der Waals surface area contributed by atoms with Crippen molar-refractivity contribution in [3.05, 3.63) is 24.5 Å². The summed E-state index contributed by atoms with van der Waals surface area (Å²) < 4.78 is 2.10. The number of guanidine groups is 2. The number of aliphatic imine (C=N–C) groups is 2. The summed E-state index contributed by atoms with van der Waals surface area (Å²) in [5.41, 5.74) is 18.6. The van der Waals surface area contributed by atoms with E-state index in [-0.39, 0.29) is 11.9 Å². The van der Waals surface area contributed by atoms with E-state index in [4.69, 9.17) is 17.2 Å². The van der Waals surface area contributed by atoms with Gasteiger partial charge in [0.15, 0.2) is 5.96 Å². The summed E-state index contributed by atoms with van der Waals surface area (Å²) in [6, 6.07) is 5.65. The van der Waals surface area contributed by atoms with Gasteiger partial charge >= 0.3 is 0 Å². The summed E-state index contributed by atoms with van der Waals surface area (Å²) in [6.45, 7) is 3.07. The molecule has 0 unspecified atom stereocenters. The Morgan fingerprint density at radius 1 is 1.32 bits per heavy atom. The van der Waals surface area contributed by atoms with Gasteiger partial charge in [-0.3, -0.25) is 0 Å². The maximum atomic E-state index is 5.58. The van der Waals surface area contributed by atoms with Crippen LogP contribution in [-0.4, -0.2) is 21.5 Å². The zero-order valence-electron chi connectivity index (χ0n) is 10.7.